The first kappa shape index (κ1) is 33.8. The van der Waals surface area contributed by atoms with E-state index in [1.54, 1.807) is 31.2 Å². The SMILES string of the molecule is Cc1ccc(C)c(N(CC(=O)N(Cc2ccc(Cl)cc2Cl)[C@H](Cc2ccccc2)C(=O)NC2CCCC2)S(=O)(=O)N(C)C)c1. The highest BCUT2D eigenvalue weighted by molar-refractivity contribution is 7.90. The predicted molar refractivity (Wildman–Crippen MR) is 177 cm³/mol. The largest absolute Gasteiger partial charge is 0.352 e. The van der Waals surface area contributed by atoms with E-state index in [2.05, 4.69) is 5.32 Å². The Balaban J connectivity index is 1.80. The monoisotopic (exact) mass is 658 g/mol. The number of amides is 2. The van der Waals surface area contributed by atoms with Gasteiger partial charge >= 0.3 is 10.2 Å². The normalized spacial score (nSPS) is 14.4. The summed E-state index contributed by atoms with van der Waals surface area (Å²) in [5, 5.41) is 3.95. The summed E-state index contributed by atoms with van der Waals surface area (Å²) in [7, 11) is -1.24. The van der Waals surface area contributed by atoms with Gasteiger partial charge in [0.1, 0.15) is 12.6 Å². The highest BCUT2D eigenvalue weighted by Crippen LogP contribution is 2.28. The van der Waals surface area contributed by atoms with Crippen LogP contribution in [0.4, 0.5) is 5.69 Å². The van der Waals surface area contributed by atoms with Crippen molar-refractivity contribution in [2.24, 2.45) is 0 Å². The molecule has 44 heavy (non-hydrogen) atoms. The molecule has 0 unspecified atom stereocenters. The van der Waals surface area contributed by atoms with Gasteiger partial charge in [0, 0.05) is 43.1 Å². The van der Waals surface area contributed by atoms with Crippen LogP contribution in [0.3, 0.4) is 0 Å². The Labute approximate surface area is 271 Å². The Morgan fingerprint density at radius 3 is 2.27 bits per heavy atom. The smallest absolute Gasteiger partial charge is 0.304 e. The van der Waals surface area contributed by atoms with Gasteiger partial charge in [-0.3, -0.25) is 9.59 Å². The van der Waals surface area contributed by atoms with Crippen molar-refractivity contribution in [3.05, 3.63) is 99.0 Å². The van der Waals surface area contributed by atoms with Gasteiger partial charge in [-0.15, -0.1) is 0 Å². The summed E-state index contributed by atoms with van der Waals surface area (Å²) < 4.78 is 29.6. The van der Waals surface area contributed by atoms with Crippen molar-refractivity contribution in [3.8, 4) is 0 Å². The molecule has 1 aliphatic rings. The number of anilines is 1. The van der Waals surface area contributed by atoms with E-state index in [-0.39, 0.29) is 24.9 Å². The fourth-order valence-electron chi connectivity index (χ4n) is 5.44. The number of hydrogen-bond donors (Lipinski definition) is 1. The summed E-state index contributed by atoms with van der Waals surface area (Å²) in [5.74, 6) is -0.821. The molecule has 8 nitrogen and oxygen atoms in total. The van der Waals surface area contributed by atoms with Gasteiger partial charge in [0.2, 0.25) is 11.8 Å². The fourth-order valence-corrected chi connectivity index (χ4v) is 7.03. The molecule has 11 heteroatoms. The molecule has 1 saturated carbocycles. The predicted octanol–water partition coefficient (Wildman–Crippen LogP) is 5.92. The molecular formula is C33H40Cl2N4O4S. The molecular weight excluding hydrogens is 619 g/mol. The van der Waals surface area contributed by atoms with E-state index in [0.717, 1.165) is 45.4 Å². The van der Waals surface area contributed by atoms with Crippen LogP contribution >= 0.6 is 23.2 Å². The average Bonchev–Trinajstić information content (AvgIpc) is 3.49. The molecule has 0 aliphatic heterocycles. The van der Waals surface area contributed by atoms with Gasteiger partial charge in [0.25, 0.3) is 0 Å². The summed E-state index contributed by atoms with van der Waals surface area (Å²) in [4.78, 5) is 30.0. The van der Waals surface area contributed by atoms with E-state index in [1.165, 1.54) is 19.0 Å². The quantitative estimate of drug-likeness (QED) is 0.262. The lowest BCUT2D eigenvalue weighted by Gasteiger charge is -2.35. The standard InChI is InChI=1S/C33H40Cl2N4O4S/c1-23-14-15-24(2)30(18-23)39(44(42,43)37(3)4)22-32(40)38(21-26-16-17-27(34)20-29(26)35)31(19-25-10-6-5-7-11-25)33(41)36-28-12-8-9-13-28/h5-7,10-11,14-18,20,28,31H,8-9,12-13,19,21-22H2,1-4H3,(H,36,41)/t31-/m1/s1. The third-order valence-corrected chi connectivity index (χ3v) is 10.4. The molecule has 236 valence electrons. The molecule has 0 radical (unpaired) electrons. The van der Waals surface area contributed by atoms with Gasteiger partial charge in [-0.1, -0.05) is 84.6 Å². The number of carbonyl (C=O) groups is 2. The third-order valence-electron chi connectivity index (χ3n) is 7.98. The lowest BCUT2D eigenvalue weighted by Crippen LogP contribution is -2.55. The molecule has 1 fully saturated rings. The summed E-state index contributed by atoms with van der Waals surface area (Å²) in [5.41, 5.74) is 3.39. The van der Waals surface area contributed by atoms with E-state index in [9.17, 15) is 18.0 Å². The number of aryl methyl sites for hydroxylation is 2. The van der Waals surface area contributed by atoms with Gasteiger partial charge in [-0.2, -0.15) is 12.7 Å². The fraction of sp³-hybridized carbons (Fsp3) is 0.394. The first-order valence-electron chi connectivity index (χ1n) is 14.7. The molecule has 0 bridgehead atoms. The lowest BCUT2D eigenvalue weighted by atomic mass is 10.0. The number of rotatable bonds is 12. The van der Waals surface area contributed by atoms with Crippen molar-refractivity contribution in [3.63, 3.8) is 0 Å². The Hall–Kier alpha value is -3.11. The maximum atomic E-state index is 14.5. The van der Waals surface area contributed by atoms with Gasteiger partial charge < -0.3 is 10.2 Å². The molecule has 1 atom stereocenters. The molecule has 1 aliphatic carbocycles. The maximum absolute atomic E-state index is 14.5. The summed E-state index contributed by atoms with van der Waals surface area (Å²) in [6.07, 6.45) is 4.06. The van der Waals surface area contributed by atoms with Crippen molar-refractivity contribution in [2.75, 3.05) is 24.9 Å². The zero-order chi connectivity index (χ0) is 32.0. The minimum atomic E-state index is -4.09. The Bertz CT molecular complexity index is 1580. The third kappa shape index (κ3) is 8.33. The highest BCUT2D eigenvalue weighted by atomic mass is 35.5. The second kappa shape index (κ2) is 14.8. The first-order chi connectivity index (χ1) is 20.9. The van der Waals surface area contributed by atoms with Gasteiger partial charge in [-0.25, -0.2) is 4.31 Å². The van der Waals surface area contributed by atoms with Gasteiger partial charge in [0.15, 0.2) is 0 Å². The van der Waals surface area contributed by atoms with Crippen LogP contribution < -0.4 is 9.62 Å². The van der Waals surface area contributed by atoms with Gasteiger partial charge in [-0.05, 0) is 67.1 Å². The van der Waals surface area contributed by atoms with E-state index in [0.29, 0.717) is 26.9 Å². The van der Waals surface area contributed by atoms with Crippen LogP contribution in [0.15, 0.2) is 66.7 Å². The first-order valence-corrected chi connectivity index (χ1v) is 16.9. The zero-order valence-corrected chi connectivity index (χ0v) is 27.9. The van der Waals surface area contributed by atoms with E-state index in [1.807, 2.05) is 49.4 Å². The number of nitrogens with zero attached hydrogens (tertiary/aromatic N) is 3. The van der Waals surface area contributed by atoms with E-state index in [4.69, 9.17) is 23.2 Å². The molecule has 3 aromatic carbocycles. The number of hydrogen-bond acceptors (Lipinski definition) is 4. The molecule has 0 spiro atoms. The Morgan fingerprint density at radius 1 is 0.955 bits per heavy atom. The maximum Gasteiger partial charge on any atom is 0.304 e. The minimum Gasteiger partial charge on any atom is -0.352 e. The number of benzene rings is 3. The summed E-state index contributed by atoms with van der Waals surface area (Å²) in [6.45, 7) is 3.13. The molecule has 3 aromatic rings. The molecule has 1 N–H and O–H groups in total. The van der Waals surface area contributed by atoms with Crippen LogP contribution in [-0.4, -0.2) is 62.2 Å². The van der Waals surface area contributed by atoms with Crippen molar-refractivity contribution in [2.45, 2.75) is 64.6 Å². The van der Waals surface area contributed by atoms with Crippen molar-refractivity contribution >= 4 is 50.9 Å². The summed E-state index contributed by atoms with van der Waals surface area (Å²) >= 11 is 12.7. The van der Waals surface area contributed by atoms with Crippen LogP contribution in [-0.2, 0) is 32.8 Å². The topological polar surface area (TPSA) is 90.0 Å². The Morgan fingerprint density at radius 2 is 1.64 bits per heavy atom. The van der Waals surface area contributed by atoms with Crippen LogP contribution in [0.5, 0.6) is 0 Å². The minimum absolute atomic E-state index is 0.0208. The van der Waals surface area contributed by atoms with Crippen LogP contribution in [0.1, 0.15) is 47.9 Å². The van der Waals surface area contributed by atoms with E-state index >= 15 is 0 Å². The van der Waals surface area contributed by atoms with Crippen LogP contribution in [0.25, 0.3) is 0 Å². The number of nitrogens with one attached hydrogen (secondary N) is 1. The molecule has 2 amide bonds. The second-order valence-electron chi connectivity index (χ2n) is 11.5. The van der Waals surface area contributed by atoms with Gasteiger partial charge in [0.05, 0.1) is 5.69 Å². The van der Waals surface area contributed by atoms with Crippen LogP contribution in [0.2, 0.25) is 10.0 Å². The number of halogens is 2. The lowest BCUT2D eigenvalue weighted by molar-refractivity contribution is -0.140. The number of carbonyl (C=O) groups excluding carboxylic acids is 2. The van der Waals surface area contributed by atoms with E-state index < -0.39 is 28.7 Å². The van der Waals surface area contributed by atoms with Crippen LogP contribution in [0, 0.1) is 13.8 Å². The van der Waals surface area contributed by atoms with Crippen molar-refractivity contribution in [1.82, 2.24) is 14.5 Å². The zero-order valence-electron chi connectivity index (χ0n) is 25.6. The Kier molecular flexibility index (Phi) is 11.3. The molecule has 0 aromatic heterocycles. The second-order valence-corrected chi connectivity index (χ2v) is 14.4. The molecule has 0 heterocycles. The molecule has 4 rings (SSSR count). The molecule has 0 saturated heterocycles. The van der Waals surface area contributed by atoms with Crippen molar-refractivity contribution < 1.29 is 18.0 Å². The average molecular weight is 660 g/mol. The van der Waals surface area contributed by atoms with Crippen molar-refractivity contribution in [1.29, 1.82) is 0 Å². The summed E-state index contributed by atoms with van der Waals surface area (Å²) in [6, 6.07) is 19.0. The highest BCUT2D eigenvalue weighted by Gasteiger charge is 2.36.